The molecule has 4 atom stereocenters. The van der Waals surface area contributed by atoms with E-state index >= 15 is 0 Å². The molecule has 0 radical (unpaired) electrons. The number of aromatic nitrogens is 3. The number of likely N-dealkylation sites (tertiary alicyclic amines) is 2. The Morgan fingerprint density at radius 2 is 1.77 bits per heavy atom. The average molecular weight is 729 g/mol. The quantitative estimate of drug-likeness (QED) is 0.231. The summed E-state index contributed by atoms with van der Waals surface area (Å²) in [4.78, 5) is 39.7. The van der Waals surface area contributed by atoms with E-state index in [9.17, 15) is 9.59 Å². The zero-order chi connectivity index (χ0) is 36.9. The third-order valence-corrected chi connectivity index (χ3v) is 11.0. The molecule has 2 amide bonds. The van der Waals surface area contributed by atoms with E-state index < -0.39 is 0 Å². The van der Waals surface area contributed by atoms with Crippen LogP contribution >= 0.6 is 0 Å². The van der Waals surface area contributed by atoms with Crippen LogP contribution in [-0.2, 0) is 16.1 Å². The van der Waals surface area contributed by atoms with Crippen molar-refractivity contribution in [1.29, 1.82) is 0 Å². The molecule has 53 heavy (non-hydrogen) atoms. The van der Waals surface area contributed by atoms with Crippen LogP contribution in [0.3, 0.4) is 0 Å². The number of benzene rings is 1. The van der Waals surface area contributed by atoms with Gasteiger partial charge in [0.25, 0.3) is 0 Å². The third kappa shape index (κ3) is 9.06. The second kappa shape index (κ2) is 16.8. The molecule has 6 heterocycles. The van der Waals surface area contributed by atoms with Gasteiger partial charge in [-0.05, 0) is 70.5 Å². The van der Waals surface area contributed by atoms with Gasteiger partial charge in [0, 0.05) is 62.5 Å². The summed E-state index contributed by atoms with van der Waals surface area (Å²) in [6, 6.07) is 12.1. The monoisotopic (exact) mass is 728 g/mol. The van der Waals surface area contributed by atoms with Crippen LogP contribution in [0.25, 0.3) is 5.65 Å². The summed E-state index contributed by atoms with van der Waals surface area (Å²) >= 11 is 0. The Bertz CT molecular complexity index is 1720. The highest BCUT2D eigenvalue weighted by Gasteiger charge is 2.45. The highest BCUT2D eigenvalue weighted by Crippen LogP contribution is 2.38. The van der Waals surface area contributed by atoms with Gasteiger partial charge in [0.2, 0.25) is 5.88 Å². The maximum atomic E-state index is 13.5. The molecule has 4 fully saturated rings. The lowest BCUT2D eigenvalue weighted by Gasteiger charge is -2.39. The lowest BCUT2D eigenvalue weighted by Crippen LogP contribution is -2.50. The van der Waals surface area contributed by atoms with Gasteiger partial charge in [-0.15, -0.1) is 0 Å². The molecular weight excluding hydrogens is 672 g/mol. The maximum Gasteiger partial charge on any atom is 0.410 e. The Balaban J connectivity index is 0.972. The summed E-state index contributed by atoms with van der Waals surface area (Å²) in [5, 5.41) is 8.52. The summed E-state index contributed by atoms with van der Waals surface area (Å²) in [6.45, 7) is 9.13. The fraction of sp³-hybridized carbons (Fsp3) is 0.600. The predicted molar refractivity (Wildman–Crippen MR) is 203 cm³/mol. The van der Waals surface area contributed by atoms with Crippen molar-refractivity contribution in [3.8, 4) is 5.88 Å². The lowest BCUT2D eigenvalue weighted by atomic mass is 9.98. The van der Waals surface area contributed by atoms with E-state index in [0.717, 1.165) is 93.7 Å². The molecule has 1 aromatic carbocycles. The van der Waals surface area contributed by atoms with Crippen LogP contribution in [-0.4, -0.2) is 130 Å². The van der Waals surface area contributed by atoms with E-state index in [2.05, 4.69) is 55.2 Å². The number of piperidine rings is 2. The molecule has 1 N–H and O–H groups in total. The molecule has 2 aromatic heterocycles. The summed E-state index contributed by atoms with van der Waals surface area (Å²) in [7, 11) is 4.13. The number of amides is 2. The summed E-state index contributed by atoms with van der Waals surface area (Å²) in [6.07, 6.45) is 11.7. The highest BCUT2D eigenvalue weighted by molar-refractivity contribution is 5.70. The van der Waals surface area contributed by atoms with Crippen LogP contribution in [0, 0.1) is 0 Å². The molecule has 3 aromatic rings. The topological polar surface area (TPSA) is 117 Å². The fourth-order valence-corrected chi connectivity index (χ4v) is 8.28. The highest BCUT2D eigenvalue weighted by atomic mass is 16.6. The van der Waals surface area contributed by atoms with Gasteiger partial charge < -0.3 is 34.2 Å². The van der Waals surface area contributed by atoms with Crippen molar-refractivity contribution < 1.29 is 23.8 Å². The smallest absolute Gasteiger partial charge is 0.410 e. The number of likely N-dealkylation sites (N-methyl/N-ethyl adjacent to an activating group) is 1. The minimum atomic E-state index is -0.329. The van der Waals surface area contributed by atoms with Crippen LogP contribution in [0.2, 0.25) is 0 Å². The van der Waals surface area contributed by atoms with Crippen molar-refractivity contribution in [2.75, 3.05) is 58.7 Å². The van der Waals surface area contributed by atoms with Crippen molar-refractivity contribution in [3.05, 3.63) is 65.9 Å². The number of ether oxygens (including phenoxy) is 3. The molecule has 0 saturated carbocycles. The predicted octanol–water partition coefficient (Wildman–Crippen LogP) is 5.77. The van der Waals surface area contributed by atoms with Crippen LogP contribution in [0.4, 0.5) is 15.4 Å². The normalized spacial score (nSPS) is 24.8. The second-order valence-electron chi connectivity index (χ2n) is 15.7. The summed E-state index contributed by atoms with van der Waals surface area (Å²) in [5.41, 5.74) is 2.76. The van der Waals surface area contributed by atoms with E-state index in [-0.39, 0.29) is 55.0 Å². The first kappa shape index (κ1) is 37.0. The Morgan fingerprint density at radius 3 is 2.53 bits per heavy atom. The van der Waals surface area contributed by atoms with Gasteiger partial charge in [0.1, 0.15) is 24.6 Å². The van der Waals surface area contributed by atoms with Crippen LogP contribution < -0.4 is 10.1 Å². The first-order chi connectivity index (χ1) is 25.7. The van der Waals surface area contributed by atoms with Gasteiger partial charge in [-0.25, -0.2) is 9.59 Å². The molecule has 0 spiro atoms. The molecule has 4 aliphatic heterocycles. The van der Waals surface area contributed by atoms with Gasteiger partial charge in [0.05, 0.1) is 12.7 Å². The number of carbonyl (C=O) groups is 2. The van der Waals surface area contributed by atoms with Crippen molar-refractivity contribution in [2.45, 2.75) is 102 Å². The van der Waals surface area contributed by atoms with Crippen molar-refractivity contribution in [2.24, 2.45) is 0 Å². The van der Waals surface area contributed by atoms with Crippen molar-refractivity contribution >= 4 is 23.7 Å². The number of nitrogens with zero attached hydrogens (tertiary/aromatic N) is 7. The summed E-state index contributed by atoms with van der Waals surface area (Å²) < 4.78 is 20.1. The van der Waals surface area contributed by atoms with E-state index in [1.54, 1.807) is 4.90 Å². The summed E-state index contributed by atoms with van der Waals surface area (Å²) in [5.74, 6) is 1.55. The van der Waals surface area contributed by atoms with Gasteiger partial charge in [-0.1, -0.05) is 56.3 Å². The average Bonchev–Trinajstić information content (AvgIpc) is 3.85. The van der Waals surface area contributed by atoms with E-state index in [1.807, 2.05) is 52.0 Å². The van der Waals surface area contributed by atoms with Crippen LogP contribution in [0.15, 0.2) is 54.7 Å². The number of nitrogens with one attached hydrogen (secondary N) is 1. The van der Waals surface area contributed by atoms with Crippen LogP contribution in [0.5, 0.6) is 5.88 Å². The lowest BCUT2D eigenvalue weighted by molar-refractivity contribution is 0.0404. The zero-order valence-electron chi connectivity index (χ0n) is 31.7. The minimum absolute atomic E-state index is 0.0605. The number of hydrogen-bond donors (Lipinski definition) is 1. The van der Waals surface area contributed by atoms with Gasteiger partial charge in [0.15, 0.2) is 5.65 Å². The Morgan fingerprint density at radius 1 is 0.981 bits per heavy atom. The van der Waals surface area contributed by atoms with Crippen molar-refractivity contribution in [1.82, 2.24) is 34.2 Å². The molecule has 4 saturated heterocycles. The number of hydrogen-bond acceptors (Lipinski definition) is 10. The Labute approximate surface area is 313 Å². The molecule has 13 heteroatoms. The first-order valence-corrected chi connectivity index (χ1v) is 19.5. The third-order valence-electron chi connectivity index (χ3n) is 11.0. The molecule has 7 rings (SSSR count). The molecule has 0 aliphatic carbocycles. The molecule has 4 aliphatic rings. The second-order valence-corrected chi connectivity index (χ2v) is 15.7. The van der Waals surface area contributed by atoms with E-state index in [1.165, 1.54) is 0 Å². The SMILES string of the molecule is CC(C)c1cnn2c(NC3CC4CCC(C3)N4C(=O)OC3CCN(C/C=C/CN(C)C)C3)cc(O[C@@H]3CCCN(C(=O)OCc4ccccc4)C3)nc12. The molecule has 3 unspecified atom stereocenters. The van der Waals surface area contributed by atoms with Gasteiger partial charge >= 0.3 is 12.2 Å². The van der Waals surface area contributed by atoms with Crippen LogP contribution in [0.1, 0.15) is 75.8 Å². The Kier molecular flexibility index (Phi) is 11.7. The molecular formula is C40H56N8O5. The van der Waals surface area contributed by atoms with Crippen molar-refractivity contribution in [3.63, 3.8) is 0 Å². The Hall–Kier alpha value is -4.36. The molecule has 286 valence electrons. The minimum Gasteiger partial charge on any atom is -0.472 e. The maximum absolute atomic E-state index is 13.5. The number of rotatable bonds is 12. The van der Waals surface area contributed by atoms with E-state index in [4.69, 9.17) is 24.3 Å². The number of anilines is 1. The molecule has 2 bridgehead atoms. The number of fused-ring (bicyclic) bond motifs is 3. The fourth-order valence-electron chi connectivity index (χ4n) is 8.28. The molecule has 13 nitrogen and oxygen atoms in total. The van der Waals surface area contributed by atoms with Gasteiger partial charge in [-0.2, -0.15) is 14.6 Å². The first-order valence-electron chi connectivity index (χ1n) is 19.5. The van der Waals surface area contributed by atoms with E-state index in [0.29, 0.717) is 19.0 Å². The largest absolute Gasteiger partial charge is 0.472 e. The zero-order valence-corrected chi connectivity index (χ0v) is 31.7. The standard InChI is InChI=1S/C40H56N8O5/c1-28(2)35-24-41-48-36(23-37(43-38(35)48)52-33-13-10-19-46(26-33)39(49)51-27-29-11-6-5-7-12-29)42-30-21-31-14-15-32(22-30)47(31)40(50)53-34-16-20-45(25-34)18-9-8-17-44(3)4/h5-9,11-12,23-24,28,30-34,42H,10,13-22,25-27H2,1-4H3/b9-8+/t30?,31?,32?,33-,34?/m1/s1. The van der Waals surface area contributed by atoms with Gasteiger partial charge in [-0.3, -0.25) is 4.90 Å². The number of carbonyl (C=O) groups excluding carboxylic acids is 2.